The molecule has 0 radical (unpaired) electrons. The number of benzene rings is 2. The van der Waals surface area contributed by atoms with Gasteiger partial charge < -0.3 is 15.2 Å². The Hall–Kier alpha value is -1.78. The van der Waals surface area contributed by atoms with E-state index in [4.69, 9.17) is 16.3 Å². The van der Waals surface area contributed by atoms with Crippen LogP contribution in [-0.2, 0) is 0 Å². The molecule has 0 aliphatic rings. The van der Waals surface area contributed by atoms with Crippen LogP contribution in [0.4, 0.5) is 10.1 Å². The molecule has 0 saturated carbocycles. The zero-order chi connectivity index (χ0) is 15.4. The normalized spacial score (nSPS) is 12.0. The van der Waals surface area contributed by atoms with E-state index in [2.05, 4.69) is 5.32 Å². The summed E-state index contributed by atoms with van der Waals surface area (Å²) in [5.74, 6) is 0.139. The van der Waals surface area contributed by atoms with Crippen LogP contribution in [0, 0.1) is 12.7 Å². The lowest BCUT2D eigenvalue weighted by Gasteiger charge is -2.17. The fourth-order valence-corrected chi connectivity index (χ4v) is 2.32. The summed E-state index contributed by atoms with van der Waals surface area (Å²) >= 11 is 5.93. The first-order valence-electron chi connectivity index (χ1n) is 6.53. The first kappa shape index (κ1) is 15.6. The van der Waals surface area contributed by atoms with E-state index in [9.17, 15) is 9.50 Å². The molecule has 1 atom stereocenters. The largest absolute Gasteiger partial charge is 0.496 e. The molecule has 3 nitrogen and oxygen atoms in total. The second-order valence-corrected chi connectivity index (χ2v) is 5.15. The summed E-state index contributed by atoms with van der Waals surface area (Å²) in [7, 11) is 1.54. The molecule has 0 bridgehead atoms. The molecule has 2 N–H and O–H groups in total. The number of anilines is 1. The van der Waals surface area contributed by atoms with Gasteiger partial charge in [-0.25, -0.2) is 4.39 Å². The van der Waals surface area contributed by atoms with Gasteiger partial charge in [0.2, 0.25) is 0 Å². The van der Waals surface area contributed by atoms with Gasteiger partial charge in [-0.2, -0.15) is 0 Å². The Bertz CT molecular complexity index is 613. The number of para-hydroxylation sites is 1. The fourth-order valence-electron chi connectivity index (χ4n) is 2.09. The minimum Gasteiger partial charge on any atom is -0.496 e. The Labute approximate surface area is 128 Å². The van der Waals surface area contributed by atoms with E-state index in [1.807, 2.05) is 19.1 Å². The number of hydrogen-bond donors (Lipinski definition) is 2. The number of methoxy groups -OCH3 is 1. The van der Waals surface area contributed by atoms with Gasteiger partial charge in [0.25, 0.3) is 0 Å². The highest BCUT2D eigenvalue weighted by Crippen LogP contribution is 2.29. The number of nitrogens with one attached hydrogen (secondary N) is 1. The smallest absolute Gasteiger partial charge is 0.147 e. The van der Waals surface area contributed by atoms with Gasteiger partial charge in [0.1, 0.15) is 11.6 Å². The van der Waals surface area contributed by atoms with Crippen LogP contribution in [0.25, 0.3) is 0 Å². The number of hydrogen-bond acceptors (Lipinski definition) is 3. The van der Waals surface area contributed by atoms with Crippen molar-refractivity contribution >= 4 is 17.3 Å². The van der Waals surface area contributed by atoms with Crippen LogP contribution in [0.5, 0.6) is 5.75 Å². The number of halogens is 2. The molecule has 2 aromatic carbocycles. The van der Waals surface area contributed by atoms with Crippen LogP contribution in [0.3, 0.4) is 0 Å². The molecule has 2 aromatic rings. The Balaban J connectivity index is 2.15. The van der Waals surface area contributed by atoms with E-state index < -0.39 is 11.9 Å². The van der Waals surface area contributed by atoms with E-state index in [0.717, 1.165) is 5.56 Å². The lowest BCUT2D eigenvalue weighted by Crippen LogP contribution is -2.14. The molecule has 0 fully saturated rings. The van der Waals surface area contributed by atoms with Crippen molar-refractivity contribution in [1.82, 2.24) is 0 Å². The summed E-state index contributed by atoms with van der Waals surface area (Å²) in [6, 6.07) is 9.97. The summed E-state index contributed by atoms with van der Waals surface area (Å²) in [6.45, 7) is 2.05. The summed E-state index contributed by atoms with van der Waals surface area (Å²) in [5, 5.41) is 13.4. The van der Waals surface area contributed by atoms with Crippen LogP contribution in [0.2, 0.25) is 5.02 Å². The number of aliphatic hydroxyl groups excluding tert-OH is 1. The minimum absolute atomic E-state index is 0.125. The Morgan fingerprint density at radius 1 is 1.33 bits per heavy atom. The average molecular weight is 310 g/mol. The molecule has 0 spiro atoms. The second-order valence-electron chi connectivity index (χ2n) is 4.74. The maximum atomic E-state index is 13.7. The molecule has 112 valence electrons. The van der Waals surface area contributed by atoms with Crippen molar-refractivity contribution in [1.29, 1.82) is 0 Å². The number of rotatable bonds is 5. The molecule has 0 aliphatic heterocycles. The molecular formula is C16H17ClFNO2. The molecule has 0 aromatic heterocycles. The average Bonchev–Trinajstić information content (AvgIpc) is 2.46. The first-order chi connectivity index (χ1) is 10.0. The molecule has 5 heteroatoms. The zero-order valence-electron chi connectivity index (χ0n) is 11.9. The number of aryl methyl sites for hydroxylation is 1. The third-order valence-corrected chi connectivity index (χ3v) is 3.49. The van der Waals surface area contributed by atoms with Crippen LogP contribution in [0.15, 0.2) is 36.4 Å². The molecular weight excluding hydrogens is 293 g/mol. The van der Waals surface area contributed by atoms with Crippen molar-refractivity contribution in [3.63, 3.8) is 0 Å². The summed E-state index contributed by atoms with van der Waals surface area (Å²) in [4.78, 5) is 0. The van der Waals surface area contributed by atoms with Crippen molar-refractivity contribution in [2.45, 2.75) is 13.0 Å². The highest BCUT2D eigenvalue weighted by Gasteiger charge is 2.15. The van der Waals surface area contributed by atoms with Gasteiger partial charge in [-0.3, -0.25) is 0 Å². The van der Waals surface area contributed by atoms with Gasteiger partial charge in [-0.05, 0) is 31.2 Å². The molecule has 0 saturated heterocycles. The Morgan fingerprint density at radius 3 is 2.76 bits per heavy atom. The molecule has 0 aliphatic carbocycles. The van der Waals surface area contributed by atoms with Crippen LogP contribution in [-0.4, -0.2) is 18.8 Å². The van der Waals surface area contributed by atoms with E-state index in [1.165, 1.54) is 12.1 Å². The SMILES string of the molecule is COc1ccc(C)cc1C(O)CNc1c(F)cccc1Cl. The lowest BCUT2D eigenvalue weighted by atomic mass is 10.0. The van der Waals surface area contributed by atoms with Gasteiger partial charge >= 0.3 is 0 Å². The molecule has 21 heavy (non-hydrogen) atoms. The van der Waals surface area contributed by atoms with E-state index in [1.54, 1.807) is 19.2 Å². The minimum atomic E-state index is -0.837. The highest BCUT2D eigenvalue weighted by molar-refractivity contribution is 6.33. The van der Waals surface area contributed by atoms with E-state index >= 15 is 0 Å². The molecule has 0 heterocycles. The number of ether oxygens (including phenoxy) is 1. The van der Waals surface area contributed by atoms with Gasteiger partial charge in [-0.15, -0.1) is 0 Å². The van der Waals surface area contributed by atoms with Crippen molar-refractivity contribution in [2.24, 2.45) is 0 Å². The first-order valence-corrected chi connectivity index (χ1v) is 6.91. The maximum Gasteiger partial charge on any atom is 0.147 e. The highest BCUT2D eigenvalue weighted by atomic mass is 35.5. The Kier molecular flexibility index (Phi) is 5.04. The predicted octanol–water partition coefficient (Wildman–Crippen LogP) is 3.94. The van der Waals surface area contributed by atoms with Gasteiger partial charge in [0, 0.05) is 12.1 Å². The zero-order valence-corrected chi connectivity index (χ0v) is 12.6. The maximum absolute atomic E-state index is 13.7. The van der Waals surface area contributed by atoms with Crippen molar-refractivity contribution < 1.29 is 14.2 Å². The quantitative estimate of drug-likeness (QED) is 0.879. The number of aliphatic hydroxyl groups is 1. The summed E-state index contributed by atoms with van der Waals surface area (Å²) in [6.07, 6.45) is -0.837. The van der Waals surface area contributed by atoms with Crippen molar-refractivity contribution in [2.75, 3.05) is 19.0 Å². The predicted molar refractivity (Wildman–Crippen MR) is 82.6 cm³/mol. The van der Waals surface area contributed by atoms with E-state index in [-0.39, 0.29) is 17.3 Å². The van der Waals surface area contributed by atoms with Gasteiger partial charge in [0.05, 0.1) is 23.9 Å². The van der Waals surface area contributed by atoms with Gasteiger partial charge in [0.15, 0.2) is 0 Å². The Morgan fingerprint density at radius 2 is 2.10 bits per heavy atom. The van der Waals surface area contributed by atoms with Crippen LogP contribution in [0.1, 0.15) is 17.2 Å². The lowest BCUT2D eigenvalue weighted by molar-refractivity contribution is 0.186. The second kappa shape index (κ2) is 6.78. The van der Waals surface area contributed by atoms with Gasteiger partial charge in [-0.1, -0.05) is 29.3 Å². The van der Waals surface area contributed by atoms with E-state index in [0.29, 0.717) is 11.3 Å². The molecule has 0 amide bonds. The summed E-state index contributed by atoms with van der Waals surface area (Å²) < 4.78 is 18.9. The topological polar surface area (TPSA) is 41.5 Å². The molecule has 2 rings (SSSR count). The fraction of sp³-hybridized carbons (Fsp3) is 0.250. The molecule has 1 unspecified atom stereocenters. The summed E-state index contributed by atoms with van der Waals surface area (Å²) in [5.41, 5.74) is 1.84. The standard InChI is InChI=1S/C16H17ClFNO2/c1-10-6-7-15(21-2)11(8-10)14(20)9-19-16-12(17)4-3-5-13(16)18/h3-8,14,19-20H,9H2,1-2H3. The third kappa shape index (κ3) is 3.65. The van der Waals surface area contributed by atoms with Crippen molar-refractivity contribution in [3.05, 3.63) is 58.4 Å². The van der Waals surface area contributed by atoms with Crippen LogP contribution >= 0.6 is 11.6 Å². The van der Waals surface area contributed by atoms with Crippen molar-refractivity contribution in [3.8, 4) is 5.75 Å². The third-order valence-electron chi connectivity index (χ3n) is 3.18. The van der Waals surface area contributed by atoms with Crippen LogP contribution < -0.4 is 10.1 Å². The monoisotopic (exact) mass is 309 g/mol.